The fourth-order valence-corrected chi connectivity index (χ4v) is 2.70. The van der Waals surface area contributed by atoms with Gasteiger partial charge in [0.05, 0.1) is 4.92 Å². The molecule has 110 valence electrons. The topological polar surface area (TPSA) is 58.4 Å². The first-order chi connectivity index (χ1) is 9.63. The Morgan fingerprint density at radius 1 is 1.45 bits per heavy atom. The van der Waals surface area contributed by atoms with Gasteiger partial charge in [0, 0.05) is 49.9 Å². The number of benzene rings is 1. The standard InChI is InChI=1S/C14H20FN3O2/c1-2-3-14(17-8-6-16-7-9-17)12-10-11(18(19)20)4-5-13(12)15/h4-5,10,14,16H,2-3,6-9H2,1H3/t14-/m0/s1. The third kappa shape index (κ3) is 3.32. The molecular weight excluding hydrogens is 261 g/mol. The summed E-state index contributed by atoms with van der Waals surface area (Å²) < 4.78 is 14.1. The SMILES string of the molecule is CCC[C@@H](c1cc([N+](=O)[O-])ccc1F)N1CCNCC1. The van der Waals surface area contributed by atoms with E-state index in [-0.39, 0.29) is 17.5 Å². The highest BCUT2D eigenvalue weighted by molar-refractivity contribution is 5.37. The third-order valence-electron chi connectivity index (χ3n) is 3.70. The molecule has 1 N–H and O–H groups in total. The highest BCUT2D eigenvalue weighted by Gasteiger charge is 2.25. The van der Waals surface area contributed by atoms with E-state index in [4.69, 9.17) is 0 Å². The van der Waals surface area contributed by atoms with Crippen molar-refractivity contribution in [2.75, 3.05) is 26.2 Å². The van der Waals surface area contributed by atoms with Gasteiger partial charge in [-0.3, -0.25) is 15.0 Å². The number of halogens is 1. The van der Waals surface area contributed by atoms with Gasteiger partial charge in [-0.15, -0.1) is 0 Å². The summed E-state index contributed by atoms with van der Waals surface area (Å²) in [5, 5.41) is 14.1. The van der Waals surface area contributed by atoms with E-state index in [2.05, 4.69) is 10.2 Å². The maximum Gasteiger partial charge on any atom is 0.269 e. The smallest absolute Gasteiger partial charge is 0.269 e. The normalized spacial score (nSPS) is 17.9. The zero-order chi connectivity index (χ0) is 14.5. The third-order valence-corrected chi connectivity index (χ3v) is 3.70. The van der Waals surface area contributed by atoms with Crippen molar-refractivity contribution >= 4 is 5.69 Å². The van der Waals surface area contributed by atoms with Crippen LogP contribution >= 0.6 is 0 Å². The Balaban J connectivity index is 2.31. The van der Waals surface area contributed by atoms with Gasteiger partial charge in [0.25, 0.3) is 5.69 Å². The molecule has 1 aromatic carbocycles. The van der Waals surface area contributed by atoms with E-state index < -0.39 is 4.92 Å². The number of non-ortho nitro benzene ring substituents is 1. The first kappa shape index (κ1) is 14.9. The maximum atomic E-state index is 14.1. The molecule has 0 aliphatic carbocycles. The molecule has 0 bridgehead atoms. The maximum absolute atomic E-state index is 14.1. The molecule has 0 unspecified atom stereocenters. The lowest BCUT2D eigenvalue weighted by atomic mass is 9.98. The minimum Gasteiger partial charge on any atom is -0.314 e. The number of rotatable bonds is 5. The quantitative estimate of drug-likeness (QED) is 0.665. The molecule has 0 spiro atoms. The number of nitro groups is 1. The number of nitro benzene ring substituents is 1. The monoisotopic (exact) mass is 281 g/mol. The predicted octanol–water partition coefficient (Wildman–Crippen LogP) is 2.48. The number of piperazine rings is 1. The van der Waals surface area contributed by atoms with Crippen molar-refractivity contribution in [2.24, 2.45) is 0 Å². The van der Waals surface area contributed by atoms with Crippen LogP contribution in [-0.4, -0.2) is 36.0 Å². The molecule has 2 rings (SSSR count). The molecule has 0 aromatic heterocycles. The van der Waals surface area contributed by atoms with Gasteiger partial charge in [-0.05, 0) is 12.5 Å². The van der Waals surface area contributed by atoms with Gasteiger partial charge in [0.15, 0.2) is 0 Å². The number of hydrogen-bond acceptors (Lipinski definition) is 4. The second-order valence-corrected chi connectivity index (χ2v) is 5.05. The molecule has 1 aliphatic heterocycles. The van der Waals surface area contributed by atoms with Crippen LogP contribution < -0.4 is 5.32 Å². The van der Waals surface area contributed by atoms with Crippen LogP contribution in [0.4, 0.5) is 10.1 Å². The Hall–Kier alpha value is -1.53. The summed E-state index contributed by atoms with van der Waals surface area (Å²) in [5.74, 6) is -0.354. The summed E-state index contributed by atoms with van der Waals surface area (Å²) in [7, 11) is 0. The van der Waals surface area contributed by atoms with E-state index in [1.54, 1.807) is 0 Å². The molecule has 5 nitrogen and oxygen atoms in total. The van der Waals surface area contributed by atoms with Gasteiger partial charge < -0.3 is 5.32 Å². The minimum absolute atomic E-state index is 0.0439. The highest BCUT2D eigenvalue weighted by atomic mass is 19.1. The predicted molar refractivity (Wildman–Crippen MR) is 75.1 cm³/mol. The first-order valence-corrected chi connectivity index (χ1v) is 7.02. The van der Waals surface area contributed by atoms with Gasteiger partial charge in [-0.1, -0.05) is 13.3 Å². The average molecular weight is 281 g/mol. The van der Waals surface area contributed by atoms with Crippen molar-refractivity contribution in [2.45, 2.75) is 25.8 Å². The number of nitrogens with zero attached hydrogens (tertiary/aromatic N) is 2. The highest BCUT2D eigenvalue weighted by Crippen LogP contribution is 2.30. The van der Waals surface area contributed by atoms with Crippen LogP contribution in [0.2, 0.25) is 0 Å². The van der Waals surface area contributed by atoms with E-state index in [1.165, 1.54) is 18.2 Å². The molecule has 1 atom stereocenters. The summed E-state index contributed by atoms with van der Waals surface area (Å²) in [6, 6.07) is 3.73. The van der Waals surface area contributed by atoms with Crippen molar-refractivity contribution in [3.05, 3.63) is 39.7 Å². The van der Waals surface area contributed by atoms with Gasteiger partial charge in [0.2, 0.25) is 0 Å². The van der Waals surface area contributed by atoms with Crippen molar-refractivity contribution in [3.63, 3.8) is 0 Å². The summed E-state index contributed by atoms with van der Waals surface area (Å²) in [6.07, 6.45) is 1.72. The van der Waals surface area contributed by atoms with Crippen LogP contribution in [0.1, 0.15) is 31.4 Å². The van der Waals surface area contributed by atoms with Gasteiger partial charge in [-0.25, -0.2) is 4.39 Å². The Labute approximate surface area is 117 Å². The lowest BCUT2D eigenvalue weighted by molar-refractivity contribution is -0.385. The van der Waals surface area contributed by atoms with Gasteiger partial charge in [-0.2, -0.15) is 0 Å². The molecule has 1 saturated heterocycles. The van der Waals surface area contributed by atoms with E-state index in [0.29, 0.717) is 5.56 Å². The molecular formula is C14H20FN3O2. The first-order valence-electron chi connectivity index (χ1n) is 7.02. The lowest BCUT2D eigenvalue weighted by Gasteiger charge is -2.35. The fourth-order valence-electron chi connectivity index (χ4n) is 2.70. The van der Waals surface area contributed by atoms with Gasteiger partial charge in [0.1, 0.15) is 5.82 Å². The van der Waals surface area contributed by atoms with Crippen molar-refractivity contribution in [3.8, 4) is 0 Å². The summed E-state index contributed by atoms with van der Waals surface area (Å²) >= 11 is 0. The molecule has 1 heterocycles. The van der Waals surface area contributed by atoms with Gasteiger partial charge >= 0.3 is 0 Å². The van der Waals surface area contributed by atoms with Crippen molar-refractivity contribution < 1.29 is 9.31 Å². The van der Waals surface area contributed by atoms with E-state index in [0.717, 1.165) is 39.0 Å². The zero-order valence-electron chi connectivity index (χ0n) is 11.6. The second-order valence-electron chi connectivity index (χ2n) is 5.05. The molecule has 1 aromatic rings. The Bertz CT molecular complexity index is 475. The zero-order valence-corrected chi connectivity index (χ0v) is 11.6. The number of nitrogens with one attached hydrogen (secondary N) is 1. The lowest BCUT2D eigenvalue weighted by Crippen LogP contribution is -2.45. The molecule has 0 radical (unpaired) electrons. The molecule has 0 saturated carbocycles. The molecule has 1 aliphatic rings. The summed E-state index contributed by atoms with van der Waals surface area (Å²) in [6.45, 7) is 5.47. The van der Waals surface area contributed by atoms with Crippen molar-refractivity contribution in [1.29, 1.82) is 0 Å². The second kappa shape index (κ2) is 6.76. The van der Waals surface area contributed by atoms with E-state index in [9.17, 15) is 14.5 Å². The molecule has 20 heavy (non-hydrogen) atoms. The fraction of sp³-hybridized carbons (Fsp3) is 0.571. The summed E-state index contributed by atoms with van der Waals surface area (Å²) in [5.41, 5.74) is 0.403. The van der Waals surface area contributed by atoms with Crippen LogP contribution in [0.5, 0.6) is 0 Å². The molecule has 0 amide bonds. The minimum atomic E-state index is -0.469. The van der Waals surface area contributed by atoms with Crippen LogP contribution in [0.25, 0.3) is 0 Å². The Morgan fingerprint density at radius 2 is 2.15 bits per heavy atom. The molecule has 1 fully saturated rings. The van der Waals surface area contributed by atoms with Crippen LogP contribution in [0.3, 0.4) is 0 Å². The largest absolute Gasteiger partial charge is 0.314 e. The van der Waals surface area contributed by atoms with E-state index in [1.807, 2.05) is 6.92 Å². The Morgan fingerprint density at radius 3 is 2.75 bits per heavy atom. The van der Waals surface area contributed by atoms with Crippen molar-refractivity contribution in [1.82, 2.24) is 10.2 Å². The van der Waals surface area contributed by atoms with E-state index >= 15 is 0 Å². The molecule has 6 heteroatoms. The van der Waals surface area contributed by atoms with Crippen LogP contribution in [0, 0.1) is 15.9 Å². The van der Waals surface area contributed by atoms with Crippen LogP contribution in [0.15, 0.2) is 18.2 Å². The average Bonchev–Trinajstić information content (AvgIpc) is 2.46. The Kier molecular flexibility index (Phi) is 5.03. The van der Waals surface area contributed by atoms with Crippen LogP contribution in [-0.2, 0) is 0 Å². The number of hydrogen-bond donors (Lipinski definition) is 1. The summed E-state index contributed by atoms with van der Waals surface area (Å²) in [4.78, 5) is 12.6.